The minimum absolute atomic E-state index is 0.0572. The van der Waals surface area contributed by atoms with Crippen LogP contribution in [0.15, 0.2) is 108 Å². The summed E-state index contributed by atoms with van der Waals surface area (Å²) < 4.78 is 14.1. The molecule has 2 aromatic rings. The van der Waals surface area contributed by atoms with Crippen molar-refractivity contribution in [3.05, 3.63) is 108 Å². The molecule has 0 aromatic heterocycles. The second kappa shape index (κ2) is 16.7. The maximum absolute atomic E-state index is 7.36. The van der Waals surface area contributed by atoms with Crippen LogP contribution in [0.1, 0.15) is 100 Å². The SMILES string of the molecule is C=C(CO[Si](c1ccccc1)(c1ccccc1)C(C)(C)C)[C@@H]1CC=C(CO[Si](C)(C)C(C)(C)C)CCC=C(C)CC/C=C(\C)CC1. The van der Waals surface area contributed by atoms with E-state index in [2.05, 4.69) is 147 Å². The predicted octanol–water partition coefficient (Wildman–Crippen LogP) is 11.3. The lowest BCUT2D eigenvalue weighted by Gasteiger charge is -2.43. The van der Waals surface area contributed by atoms with Crippen molar-refractivity contribution < 1.29 is 8.85 Å². The van der Waals surface area contributed by atoms with Gasteiger partial charge in [0.05, 0.1) is 13.2 Å². The molecule has 0 saturated carbocycles. The summed E-state index contributed by atoms with van der Waals surface area (Å²) in [7, 11) is -4.49. The first-order chi connectivity index (χ1) is 21.6. The van der Waals surface area contributed by atoms with Gasteiger partial charge in [-0.15, -0.1) is 0 Å². The van der Waals surface area contributed by atoms with Crippen molar-refractivity contribution in [2.45, 2.75) is 124 Å². The predicted molar refractivity (Wildman–Crippen MR) is 207 cm³/mol. The number of allylic oxidation sites excluding steroid dienone is 5. The van der Waals surface area contributed by atoms with Crippen molar-refractivity contribution in [3.63, 3.8) is 0 Å². The summed E-state index contributed by atoms with van der Waals surface area (Å²) in [5.41, 5.74) is 5.63. The smallest absolute Gasteiger partial charge is 0.261 e. The van der Waals surface area contributed by atoms with Gasteiger partial charge in [0.1, 0.15) is 0 Å². The number of hydrogen-bond acceptors (Lipinski definition) is 2. The summed E-state index contributed by atoms with van der Waals surface area (Å²) in [5.74, 6) is 0.352. The minimum Gasteiger partial charge on any atom is -0.413 e. The van der Waals surface area contributed by atoms with Crippen LogP contribution in [0.25, 0.3) is 0 Å². The molecule has 0 heterocycles. The molecule has 0 unspecified atom stereocenters. The van der Waals surface area contributed by atoms with E-state index in [0.29, 0.717) is 12.5 Å². The molecular weight excluding hydrogens is 593 g/mol. The molecule has 0 amide bonds. The largest absolute Gasteiger partial charge is 0.413 e. The summed E-state index contributed by atoms with van der Waals surface area (Å²) >= 11 is 0. The van der Waals surface area contributed by atoms with Crippen LogP contribution >= 0.6 is 0 Å². The van der Waals surface area contributed by atoms with Gasteiger partial charge in [0.15, 0.2) is 8.32 Å². The molecule has 1 aliphatic carbocycles. The summed E-state index contributed by atoms with van der Waals surface area (Å²) in [6.45, 7) is 29.4. The third-order valence-corrected chi connectivity index (χ3v) is 19.9. The Morgan fingerprint density at radius 1 is 0.717 bits per heavy atom. The van der Waals surface area contributed by atoms with Gasteiger partial charge >= 0.3 is 0 Å². The fraction of sp³-hybridized carbons (Fsp3) is 0.524. The number of hydrogen-bond donors (Lipinski definition) is 0. The van der Waals surface area contributed by atoms with Crippen LogP contribution in [0.4, 0.5) is 0 Å². The topological polar surface area (TPSA) is 18.5 Å². The van der Waals surface area contributed by atoms with E-state index >= 15 is 0 Å². The summed E-state index contributed by atoms with van der Waals surface area (Å²) in [6, 6.07) is 21.9. The molecule has 1 atom stereocenters. The van der Waals surface area contributed by atoms with Gasteiger partial charge in [-0.3, -0.25) is 0 Å². The minimum atomic E-state index is -2.64. The van der Waals surface area contributed by atoms with E-state index in [1.807, 2.05) is 0 Å². The molecule has 46 heavy (non-hydrogen) atoms. The molecule has 0 bridgehead atoms. The summed E-state index contributed by atoms with van der Waals surface area (Å²) in [4.78, 5) is 0. The fourth-order valence-corrected chi connectivity index (χ4v) is 11.8. The van der Waals surface area contributed by atoms with Crippen molar-refractivity contribution in [1.29, 1.82) is 0 Å². The number of rotatable bonds is 9. The summed E-state index contributed by atoms with van der Waals surface area (Å²) in [6.07, 6.45) is 15.0. The Labute approximate surface area is 285 Å². The molecule has 2 nitrogen and oxygen atoms in total. The van der Waals surface area contributed by atoms with Crippen molar-refractivity contribution in [1.82, 2.24) is 0 Å². The van der Waals surface area contributed by atoms with Gasteiger partial charge in [-0.05, 0) is 109 Å². The number of benzene rings is 2. The quantitative estimate of drug-likeness (QED) is 0.197. The normalized spacial score (nSPS) is 19.3. The first-order valence-electron chi connectivity index (χ1n) is 17.6. The van der Waals surface area contributed by atoms with Gasteiger partial charge in [-0.25, -0.2) is 0 Å². The monoisotopic (exact) mass is 656 g/mol. The standard InChI is InChI=1S/C42H64O2Si2/c1-34-20-18-21-35(2)28-30-38(31-29-37(23-19-22-34)33-43-45(10,11)41(4,5)6)36(3)32-44-46(42(7,8)9,39-24-14-12-15-25-39)40-26-16-13-17-27-40/h12-17,21-22,24-27,29,38H,3,18-20,23,28,30-33H2,1-2,4-11H3/b34-22?,35-21+,37-29?/t38-/m0/s1. The van der Waals surface area contributed by atoms with E-state index in [1.54, 1.807) is 0 Å². The lowest BCUT2D eigenvalue weighted by atomic mass is 9.89. The molecule has 252 valence electrons. The Morgan fingerprint density at radius 2 is 1.24 bits per heavy atom. The Balaban J connectivity index is 1.94. The molecule has 0 spiro atoms. The van der Waals surface area contributed by atoms with Crippen LogP contribution in [-0.2, 0) is 8.85 Å². The Kier molecular flexibility index (Phi) is 13.9. The van der Waals surface area contributed by atoms with Crippen LogP contribution in [0.5, 0.6) is 0 Å². The average molecular weight is 657 g/mol. The van der Waals surface area contributed by atoms with Gasteiger partial charge in [-0.1, -0.05) is 138 Å². The van der Waals surface area contributed by atoms with Crippen LogP contribution in [0.3, 0.4) is 0 Å². The van der Waals surface area contributed by atoms with Crippen LogP contribution < -0.4 is 10.4 Å². The molecular formula is C42H64O2Si2. The van der Waals surface area contributed by atoms with Crippen molar-refractivity contribution in [2.75, 3.05) is 13.2 Å². The van der Waals surface area contributed by atoms with Gasteiger partial charge < -0.3 is 8.85 Å². The molecule has 1 aliphatic rings. The van der Waals surface area contributed by atoms with E-state index in [1.165, 1.54) is 32.7 Å². The van der Waals surface area contributed by atoms with Gasteiger partial charge in [0.25, 0.3) is 8.32 Å². The van der Waals surface area contributed by atoms with E-state index in [0.717, 1.165) is 51.6 Å². The highest BCUT2D eigenvalue weighted by Gasteiger charge is 2.50. The average Bonchev–Trinajstić information content (AvgIpc) is 2.99. The maximum Gasteiger partial charge on any atom is 0.261 e. The highest BCUT2D eigenvalue weighted by molar-refractivity contribution is 6.99. The van der Waals surface area contributed by atoms with Crippen molar-refractivity contribution >= 4 is 27.0 Å². The Bertz CT molecular complexity index is 1300. The van der Waals surface area contributed by atoms with Crippen LogP contribution in [-0.4, -0.2) is 29.8 Å². The van der Waals surface area contributed by atoms with Crippen LogP contribution in [0.2, 0.25) is 23.2 Å². The molecule has 0 radical (unpaired) electrons. The Morgan fingerprint density at radius 3 is 1.76 bits per heavy atom. The molecule has 0 fully saturated rings. The molecule has 4 heteroatoms. The Hall–Kier alpha value is -2.25. The molecule has 2 aromatic carbocycles. The lowest BCUT2D eigenvalue weighted by molar-refractivity contribution is 0.309. The first-order valence-corrected chi connectivity index (χ1v) is 22.4. The van der Waals surface area contributed by atoms with Crippen molar-refractivity contribution in [2.24, 2.45) is 5.92 Å². The second-order valence-corrected chi connectivity index (χ2v) is 25.3. The summed E-state index contributed by atoms with van der Waals surface area (Å²) in [5, 5.41) is 2.78. The van der Waals surface area contributed by atoms with Gasteiger partial charge in [-0.2, -0.15) is 0 Å². The lowest BCUT2D eigenvalue weighted by Crippen LogP contribution is -2.66. The van der Waals surface area contributed by atoms with Gasteiger partial charge in [0, 0.05) is 0 Å². The molecule has 0 saturated heterocycles. The zero-order valence-electron chi connectivity index (χ0n) is 31.0. The van der Waals surface area contributed by atoms with E-state index in [9.17, 15) is 0 Å². The maximum atomic E-state index is 7.36. The zero-order valence-corrected chi connectivity index (χ0v) is 33.0. The van der Waals surface area contributed by atoms with E-state index < -0.39 is 16.6 Å². The third-order valence-electron chi connectivity index (χ3n) is 10.5. The fourth-order valence-electron chi connectivity index (χ4n) is 6.26. The van der Waals surface area contributed by atoms with Gasteiger partial charge in [0.2, 0.25) is 0 Å². The van der Waals surface area contributed by atoms with E-state index in [-0.39, 0.29) is 10.1 Å². The highest BCUT2D eigenvalue weighted by Crippen LogP contribution is 2.39. The first kappa shape index (κ1) is 38.2. The molecule has 0 N–H and O–H groups in total. The third kappa shape index (κ3) is 10.4. The highest BCUT2D eigenvalue weighted by atomic mass is 28.4. The van der Waals surface area contributed by atoms with E-state index in [4.69, 9.17) is 15.4 Å². The molecule has 0 aliphatic heterocycles. The van der Waals surface area contributed by atoms with Crippen LogP contribution in [0, 0.1) is 5.92 Å². The molecule has 3 rings (SSSR count). The van der Waals surface area contributed by atoms with Crippen molar-refractivity contribution in [3.8, 4) is 0 Å². The zero-order chi connectivity index (χ0) is 34.0. The second-order valence-electron chi connectivity index (χ2n) is 16.2.